The third-order valence-electron chi connectivity index (χ3n) is 9.98. The fourth-order valence-electron chi connectivity index (χ4n) is 8.02. The molecule has 2 amide bonds. The van der Waals surface area contributed by atoms with Gasteiger partial charge in [-0.2, -0.15) is 5.06 Å². The summed E-state index contributed by atoms with van der Waals surface area (Å²) in [6.07, 6.45) is -1.39. The number of carbonyl (C=O) groups is 3. The number of amides is 2. The molecule has 5 aliphatic rings. The topological polar surface area (TPSA) is 136 Å². The largest absolute Gasteiger partial charge is 0.458 e. The first kappa shape index (κ1) is 30.9. The lowest BCUT2D eigenvalue weighted by Crippen LogP contribution is -2.69. The quantitative estimate of drug-likeness (QED) is 0.235. The van der Waals surface area contributed by atoms with Crippen LogP contribution in [0.2, 0.25) is 0 Å². The van der Waals surface area contributed by atoms with E-state index < -0.39 is 47.6 Å². The van der Waals surface area contributed by atoms with Crippen LogP contribution in [0, 0.1) is 8.99 Å². The van der Waals surface area contributed by atoms with Crippen LogP contribution in [0.4, 0.5) is 0 Å². The van der Waals surface area contributed by atoms with Crippen LogP contribution in [0.5, 0.6) is 0 Å². The highest BCUT2D eigenvalue weighted by Gasteiger charge is 2.76. The number of esters is 1. The van der Waals surface area contributed by atoms with E-state index in [1.165, 1.54) is 0 Å². The monoisotopic (exact) mass is 751 g/mol. The van der Waals surface area contributed by atoms with Crippen molar-refractivity contribution in [1.29, 1.82) is 0 Å². The van der Waals surface area contributed by atoms with E-state index in [0.717, 1.165) is 20.3 Å². The number of benzene rings is 3. The molecule has 0 radical (unpaired) electrons. The van der Waals surface area contributed by atoms with Gasteiger partial charge in [-0.1, -0.05) is 48.5 Å². The Morgan fingerprint density at radius 1 is 0.936 bits per heavy atom. The molecule has 2 aliphatic carbocycles. The van der Waals surface area contributed by atoms with Crippen molar-refractivity contribution in [2.45, 2.75) is 68.6 Å². The average molecular weight is 752 g/mol. The highest BCUT2D eigenvalue weighted by Crippen LogP contribution is 2.58. The van der Waals surface area contributed by atoms with Crippen LogP contribution in [-0.2, 0) is 54.6 Å². The first-order valence-corrected chi connectivity index (χ1v) is 16.9. The molecule has 3 saturated heterocycles. The number of aliphatic hydroxyl groups excluding tert-OH is 1. The molecule has 4 fully saturated rings. The Hall–Kier alpha value is -3.40. The first-order valence-electron chi connectivity index (χ1n) is 15.9. The standard InChI is InChI=1S/C35H34IN3O8/c36-25-10-4-6-21(14-25)19-39-29-32(42)44-26-17-35(29,33(43)38-18-20-5-3-9-22(13-20)31(41)37-11-12-40)30(47-39)28-27(26)45-34(46-28)15-23-7-1-2-8-24(23)16-34/h1-10,13-14,26-30,40H,11-12,15-19H2,(H,37,41)(H,38,43)/t26-,27+,28+,29+,30-,35+/m1/s1. The molecule has 1 saturated carbocycles. The maximum absolute atomic E-state index is 14.6. The third kappa shape index (κ3) is 5.25. The number of hydroxylamine groups is 2. The molecular weight excluding hydrogens is 717 g/mol. The lowest BCUT2D eigenvalue weighted by atomic mass is 9.62. The normalized spacial score (nSPS) is 29.7. The summed E-state index contributed by atoms with van der Waals surface area (Å²) in [7, 11) is 0. The summed E-state index contributed by atoms with van der Waals surface area (Å²) in [4.78, 5) is 47.6. The Kier molecular flexibility index (Phi) is 7.85. The van der Waals surface area contributed by atoms with Crippen molar-refractivity contribution in [2.24, 2.45) is 5.41 Å². The summed E-state index contributed by atoms with van der Waals surface area (Å²) in [5.74, 6) is -2.11. The van der Waals surface area contributed by atoms with Gasteiger partial charge in [0.1, 0.15) is 29.8 Å². The molecule has 3 aliphatic heterocycles. The van der Waals surface area contributed by atoms with Crippen LogP contribution in [0.3, 0.4) is 0 Å². The summed E-state index contributed by atoms with van der Waals surface area (Å²) in [6.45, 7) is 0.375. The van der Waals surface area contributed by atoms with Gasteiger partial charge in [-0.05, 0) is 69.1 Å². The number of nitrogens with zero attached hydrogens (tertiary/aromatic N) is 1. The molecule has 12 heteroatoms. The van der Waals surface area contributed by atoms with E-state index in [0.29, 0.717) is 24.0 Å². The van der Waals surface area contributed by atoms with E-state index in [4.69, 9.17) is 24.2 Å². The Balaban J connectivity index is 1.11. The number of ether oxygens (including phenoxy) is 3. The van der Waals surface area contributed by atoms with Crippen LogP contribution >= 0.6 is 22.6 Å². The number of aliphatic hydroxyl groups is 1. The molecule has 47 heavy (non-hydrogen) atoms. The Morgan fingerprint density at radius 3 is 2.45 bits per heavy atom. The van der Waals surface area contributed by atoms with Gasteiger partial charge in [-0.3, -0.25) is 19.2 Å². The molecule has 3 N–H and O–H groups in total. The van der Waals surface area contributed by atoms with Crippen molar-refractivity contribution >= 4 is 40.4 Å². The van der Waals surface area contributed by atoms with Gasteiger partial charge in [-0.15, -0.1) is 0 Å². The van der Waals surface area contributed by atoms with Gasteiger partial charge < -0.3 is 30.0 Å². The van der Waals surface area contributed by atoms with Crippen molar-refractivity contribution in [3.63, 3.8) is 0 Å². The van der Waals surface area contributed by atoms with Crippen molar-refractivity contribution in [3.05, 3.63) is 104 Å². The van der Waals surface area contributed by atoms with E-state index in [9.17, 15) is 14.4 Å². The minimum absolute atomic E-state index is 0.127. The summed E-state index contributed by atoms with van der Waals surface area (Å²) in [6, 6.07) is 22.0. The number of hydrogen-bond donors (Lipinski definition) is 3. The fraction of sp³-hybridized carbons (Fsp3) is 0.400. The summed E-state index contributed by atoms with van der Waals surface area (Å²) >= 11 is 2.24. The number of halogens is 1. The Labute approximate surface area is 285 Å². The number of hydrogen-bond acceptors (Lipinski definition) is 9. The fourth-order valence-corrected chi connectivity index (χ4v) is 8.62. The summed E-state index contributed by atoms with van der Waals surface area (Å²) in [5, 5.41) is 16.4. The smallest absolute Gasteiger partial charge is 0.327 e. The van der Waals surface area contributed by atoms with Crippen LogP contribution in [0.25, 0.3) is 0 Å². The second-order valence-corrected chi connectivity index (χ2v) is 14.2. The molecule has 8 rings (SSSR count). The van der Waals surface area contributed by atoms with Gasteiger partial charge in [0.2, 0.25) is 5.91 Å². The van der Waals surface area contributed by atoms with Crippen LogP contribution in [-0.4, -0.2) is 77.3 Å². The maximum atomic E-state index is 14.6. The molecule has 6 atom stereocenters. The maximum Gasteiger partial charge on any atom is 0.327 e. The van der Waals surface area contributed by atoms with Gasteiger partial charge in [0.15, 0.2) is 11.8 Å². The molecule has 2 bridgehead atoms. The molecule has 0 unspecified atom stereocenters. The molecule has 244 valence electrons. The lowest BCUT2D eigenvalue weighted by Gasteiger charge is -2.48. The zero-order chi connectivity index (χ0) is 32.3. The van der Waals surface area contributed by atoms with E-state index in [-0.39, 0.29) is 44.5 Å². The predicted molar refractivity (Wildman–Crippen MR) is 174 cm³/mol. The molecule has 1 spiro atoms. The second-order valence-electron chi connectivity index (χ2n) is 12.9. The van der Waals surface area contributed by atoms with Gasteiger partial charge in [0, 0.05) is 41.5 Å². The minimum atomic E-state index is -1.31. The third-order valence-corrected chi connectivity index (χ3v) is 10.7. The highest BCUT2D eigenvalue weighted by molar-refractivity contribution is 14.1. The molecule has 11 nitrogen and oxygen atoms in total. The van der Waals surface area contributed by atoms with E-state index in [1.807, 2.05) is 42.5 Å². The first-order chi connectivity index (χ1) is 22.8. The van der Waals surface area contributed by atoms with Crippen LogP contribution in [0.15, 0.2) is 72.8 Å². The zero-order valence-corrected chi connectivity index (χ0v) is 27.6. The second kappa shape index (κ2) is 11.9. The van der Waals surface area contributed by atoms with Crippen molar-refractivity contribution < 1.29 is 38.5 Å². The van der Waals surface area contributed by atoms with E-state index in [2.05, 4.69) is 45.4 Å². The van der Waals surface area contributed by atoms with Gasteiger partial charge in [-0.25, -0.2) is 0 Å². The molecule has 3 aromatic carbocycles. The number of nitrogens with one attached hydrogen (secondary N) is 2. The summed E-state index contributed by atoms with van der Waals surface area (Å²) < 4.78 is 20.6. The van der Waals surface area contributed by atoms with Gasteiger partial charge >= 0.3 is 5.97 Å². The van der Waals surface area contributed by atoms with Crippen molar-refractivity contribution in [3.8, 4) is 0 Å². The van der Waals surface area contributed by atoms with Gasteiger partial charge in [0.25, 0.3) is 5.91 Å². The number of fused-ring (bicyclic) bond motifs is 5. The SMILES string of the molecule is O=C(NCCO)c1cccc(CNC(=O)[C@@]23C[C@H]4OC(=O)[C@@H]2N(Cc2cccc(I)c2)O[C@@H]3[C@H]2OC3(Cc5ccccc5C3)O[C@H]24)c1. The van der Waals surface area contributed by atoms with E-state index in [1.54, 1.807) is 23.3 Å². The summed E-state index contributed by atoms with van der Waals surface area (Å²) in [5.41, 5.74) is 3.05. The number of carbonyl (C=O) groups excluding carboxylic acids is 3. The van der Waals surface area contributed by atoms with Crippen molar-refractivity contribution in [2.75, 3.05) is 13.2 Å². The minimum Gasteiger partial charge on any atom is -0.458 e. The van der Waals surface area contributed by atoms with E-state index >= 15 is 0 Å². The van der Waals surface area contributed by atoms with Gasteiger partial charge in [0.05, 0.1) is 13.2 Å². The molecule has 3 heterocycles. The Bertz CT molecular complexity index is 1730. The molecular formula is C35H34IN3O8. The highest BCUT2D eigenvalue weighted by atomic mass is 127. The van der Waals surface area contributed by atoms with Crippen LogP contribution < -0.4 is 10.6 Å². The molecule has 3 aromatic rings. The lowest BCUT2D eigenvalue weighted by molar-refractivity contribution is -0.217. The van der Waals surface area contributed by atoms with Crippen LogP contribution in [0.1, 0.15) is 39.0 Å². The molecule has 0 aromatic heterocycles. The van der Waals surface area contributed by atoms with Crippen molar-refractivity contribution in [1.82, 2.24) is 15.7 Å². The average Bonchev–Trinajstić information content (AvgIpc) is 3.74. The number of rotatable bonds is 8. The predicted octanol–water partition coefficient (Wildman–Crippen LogP) is 2.41. The Morgan fingerprint density at radius 2 is 1.68 bits per heavy atom. The zero-order valence-electron chi connectivity index (χ0n) is 25.4.